The van der Waals surface area contributed by atoms with Crippen molar-refractivity contribution in [3.05, 3.63) is 0 Å². The first-order valence-corrected chi connectivity index (χ1v) is 3.63. The summed E-state index contributed by atoms with van der Waals surface area (Å²) < 4.78 is 0. The molecule has 1 rings (SSSR count). The third kappa shape index (κ3) is 1.88. The number of hydrogen-bond donors (Lipinski definition) is 5. The quantitative estimate of drug-likeness (QED) is 0.261. The molecular weight excluding hydrogens is 148 g/mol. The van der Waals surface area contributed by atoms with Gasteiger partial charge in [-0.1, -0.05) is 0 Å². The molecule has 6 N–H and O–H groups in total. The fourth-order valence-electron chi connectivity index (χ4n) is 1.12. The first kappa shape index (κ1) is 8.89. The Hall–Kier alpha value is -0.200. The minimum absolute atomic E-state index is 0.270. The maximum atomic E-state index is 9.22. The van der Waals surface area contributed by atoms with Gasteiger partial charge in [-0.05, 0) is 0 Å². The van der Waals surface area contributed by atoms with Gasteiger partial charge in [0.15, 0.2) is 0 Å². The van der Waals surface area contributed by atoms with Gasteiger partial charge in [0.25, 0.3) is 0 Å². The zero-order valence-corrected chi connectivity index (χ0v) is 6.14. The predicted molar refractivity (Wildman–Crippen MR) is 38.9 cm³/mol. The number of nitrogens with one attached hydrogen (secondary N) is 1. The van der Waals surface area contributed by atoms with Crippen LogP contribution in [0.25, 0.3) is 0 Å². The van der Waals surface area contributed by atoms with Gasteiger partial charge in [0.1, 0.15) is 6.10 Å². The van der Waals surface area contributed by atoms with Crippen LogP contribution in [0.1, 0.15) is 0 Å². The van der Waals surface area contributed by atoms with Gasteiger partial charge in [-0.3, -0.25) is 0 Å². The van der Waals surface area contributed by atoms with Gasteiger partial charge in [-0.25, -0.2) is 0 Å². The van der Waals surface area contributed by atoms with E-state index in [1.54, 1.807) is 0 Å². The molecule has 0 aromatic rings. The van der Waals surface area contributed by atoms with Crippen molar-refractivity contribution in [1.82, 2.24) is 5.32 Å². The van der Waals surface area contributed by atoms with Crippen molar-refractivity contribution in [2.75, 3.05) is 13.1 Å². The topological polar surface area (TPSA) is 98.7 Å². The molecule has 1 fully saturated rings. The number of hydrogen-bond acceptors (Lipinski definition) is 5. The second kappa shape index (κ2) is 3.46. The molecule has 1 aliphatic heterocycles. The van der Waals surface area contributed by atoms with Crippen LogP contribution in [0, 0.1) is 0 Å². The van der Waals surface area contributed by atoms with Crippen molar-refractivity contribution < 1.29 is 15.3 Å². The molecule has 66 valence electrons. The smallest absolute Gasteiger partial charge is 0.109 e. The molecule has 0 aromatic carbocycles. The van der Waals surface area contributed by atoms with Crippen molar-refractivity contribution in [1.29, 1.82) is 0 Å². The molecular formula is C6H14N2O3. The third-order valence-corrected chi connectivity index (χ3v) is 1.92. The highest BCUT2D eigenvalue weighted by Crippen LogP contribution is 2.05. The van der Waals surface area contributed by atoms with E-state index < -0.39 is 24.4 Å². The lowest BCUT2D eigenvalue weighted by Gasteiger charge is -2.21. The summed E-state index contributed by atoms with van der Waals surface area (Å²) in [6.07, 6.45) is -3.11. The van der Waals surface area contributed by atoms with Gasteiger partial charge >= 0.3 is 0 Å². The van der Waals surface area contributed by atoms with Crippen LogP contribution in [0.2, 0.25) is 0 Å². The highest BCUT2D eigenvalue weighted by atomic mass is 16.4. The molecule has 5 nitrogen and oxygen atoms in total. The van der Waals surface area contributed by atoms with E-state index in [2.05, 4.69) is 5.32 Å². The molecule has 1 saturated heterocycles. The van der Waals surface area contributed by atoms with Gasteiger partial charge in [-0.15, -0.1) is 0 Å². The molecule has 4 atom stereocenters. The van der Waals surface area contributed by atoms with Crippen LogP contribution >= 0.6 is 0 Å². The fraction of sp³-hybridized carbons (Fsp3) is 1.00. The molecule has 0 amide bonds. The molecule has 11 heavy (non-hydrogen) atoms. The zero-order chi connectivity index (χ0) is 8.43. The lowest BCUT2D eigenvalue weighted by molar-refractivity contribution is -0.0556. The lowest BCUT2D eigenvalue weighted by Crippen LogP contribution is -2.47. The number of rotatable bonds is 0. The second-order valence-corrected chi connectivity index (χ2v) is 2.87. The van der Waals surface area contributed by atoms with E-state index in [1.807, 2.05) is 0 Å². The molecule has 1 aliphatic rings. The molecule has 5 heteroatoms. The van der Waals surface area contributed by atoms with Gasteiger partial charge in [0.05, 0.1) is 12.2 Å². The molecule has 0 bridgehead atoms. The first-order chi connectivity index (χ1) is 5.13. The van der Waals surface area contributed by atoms with Crippen LogP contribution in [0.5, 0.6) is 0 Å². The molecule has 0 unspecified atom stereocenters. The van der Waals surface area contributed by atoms with Crippen molar-refractivity contribution in [3.8, 4) is 0 Å². The highest BCUT2D eigenvalue weighted by Gasteiger charge is 2.31. The Kier molecular flexibility index (Phi) is 2.80. The third-order valence-electron chi connectivity index (χ3n) is 1.92. The van der Waals surface area contributed by atoms with E-state index >= 15 is 0 Å². The monoisotopic (exact) mass is 162 g/mol. The van der Waals surface area contributed by atoms with E-state index in [0.717, 1.165) is 0 Å². The van der Waals surface area contributed by atoms with Crippen LogP contribution in [-0.4, -0.2) is 52.8 Å². The van der Waals surface area contributed by atoms with Crippen molar-refractivity contribution in [2.45, 2.75) is 24.4 Å². The van der Waals surface area contributed by atoms with E-state index in [1.165, 1.54) is 0 Å². The van der Waals surface area contributed by atoms with E-state index in [0.29, 0.717) is 6.54 Å². The summed E-state index contributed by atoms with van der Waals surface area (Å²) in [5.41, 5.74) is 5.45. The SMILES string of the molecule is N[C@H]1CNC[C@H](O)[C@@H](O)[C@@H]1O. The summed E-state index contributed by atoms with van der Waals surface area (Å²) in [7, 11) is 0. The lowest BCUT2D eigenvalue weighted by atomic mass is 10.0. The minimum atomic E-state index is -1.14. The summed E-state index contributed by atoms with van der Waals surface area (Å²) in [5.74, 6) is 0. The van der Waals surface area contributed by atoms with E-state index in [9.17, 15) is 10.2 Å². The summed E-state index contributed by atoms with van der Waals surface area (Å²) in [4.78, 5) is 0. The Balaban J connectivity index is 2.58. The van der Waals surface area contributed by atoms with Crippen molar-refractivity contribution >= 4 is 0 Å². The predicted octanol–water partition coefficient (Wildman–Crippen LogP) is -3.00. The number of aliphatic hydroxyl groups excluding tert-OH is 3. The Morgan fingerprint density at radius 1 is 1.09 bits per heavy atom. The van der Waals surface area contributed by atoms with Crippen LogP contribution in [0.3, 0.4) is 0 Å². The molecule has 1 heterocycles. The molecule has 0 saturated carbocycles. The van der Waals surface area contributed by atoms with Crippen LogP contribution < -0.4 is 11.1 Å². The Morgan fingerprint density at radius 2 is 1.73 bits per heavy atom. The largest absolute Gasteiger partial charge is 0.389 e. The van der Waals surface area contributed by atoms with E-state index in [4.69, 9.17) is 10.8 Å². The minimum Gasteiger partial charge on any atom is -0.389 e. The van der Waals surface area contributed by atoms with Gasteiger partial charge < -0.3 is 26.4 Å². The Bertz CT molecular complexity index is 119. The standard InChI is InChI=1S/C6H14N2O3/c7-3-1-8-2-4(9)6(11)5(3)10/h3-6,8-11H,1-2,7H2/t3-,4-,5+,6+/m0/s1. The first-order valence-electron chi connectivity index (χ1n) is 3.63. The molecule has 0 aromatic heterocycles. The van der Waals surface area contributed by atoms with E-state index in [-0.39, 0.29) is 6.54 Å². The summed E-state index contributed by atoms with van der Waals surface area (Å²) in [6.45, 7) is 0.682. The fourth-order valence-corrected chi connectivity index (χ4v) is 1.12. The normalized spacial score (nSPS) is 46.9. The maximum Gasteiger partial charge on any atom is 0.109 e. The van der Waals surface area contributed by atoms with Crippen molar-refractivity contribution in [2.24, 2.45) is 5.73 Å². The number of nitrogens with two attached hydrogens (primary N) is 1. The van der Waals surface area contributed by atoms with Gasteiger partial charge in [0.2, 0.25) is 0 Å². The average molecular weight is 162 g/mol. The number of β-amino-alcohol motifs (C(OH)–C–C–N with tert-alkyl or cyclic N) is 1. The Labute approximate surface area is 64.8 Å². The Morgan fingerprint density at radius 3 is 2.36 bits per heavy atom. The highest BCUT2D eigenvalue weighted by molar-refractivity contribution is 4.89. The molecule has 0 radical (unpaired) electrons. The van der Waals surface area contributed by atoms with Gasteiger partial charge in [0, 0.05) is 19.1 Å². The average Bonchev–Trinajstić information content (AvgIpc) is 2.07. The van der Waals surface area contributed by atoms with Gasteiger partial charge in [-0.2, -0.15) is 0 Å². The number of aliphatic hydroxyl groups is 3. The zero-order valence-electron chi connectivity index (χ0n) is 6.14. The van der Waals surface area contributed by atoms with Crippen molar-refractivity contribution in [3.63, 3.8) is 0 Å². The summed E-state index contributed by atoms with van der Waals surface area (Å²) in [5, 5.41) is 30.3. The molecule has 0 spiro atoms. The van der Waals surface area contributed by atoms with Crippen LogP contribution in [0.15, 0.2) is 0 Å². The van der Waals surface area contributed by atoms with Crippen LogP contribution in [0.4, 0.5) is 0 Å². The summed E-state index contributed by atoms with van der Waals surface area (Å²) >= 11 is 0. The van der Waals surface area contributed by atoms with Crippen LogP contribution in [-0.2, 0) is 0 Å². The maximum absolute atomic E-state index is 9.22. The second-order valence-electron chi connectivity index (χ2n) is 2.87. The summed E-state index contributed by atoms with van der Waals surface area (Å²) in [6, 6.07) is -0.512. The molecule has 0 aliphatic carbocycles.